The highest BCUT2D eigenvalue weighted by atomic mass is 35.5. The lowest BCUT2D eigenvalue weighted by Gasteiger charge is -2.07. The van der Waals surface area contributed by atoms with E-state index in [1.807, 2.05) is 6.08 Å². The summed E-state index contributed by atoms with van der Waals surface area (Å²) in [5.74, 6) is 1.17. The smallest absolute Gasteiger partial charge is 0.261 e. The van der Waals surface area contributed by atoms with Crippen molar-refractivity contribution in [1.29, 1.82) is 0 Å². The first-order valence-corrected chi connectivity index (χ1v) is 8.22. The van der Waals surface area contributed by atoms with Crippen LogP contribution in [0.4, 0.5) is 0 Å². The number of aromatic nitrogens is 2. The molecule has 0 spiro atoms. The number of aromatic hydroxyl groups is 1. The molecule has 0 aliphatic carbocycles. The van der Waals surface area contributed by atoms with Gasteiger partial charge in [-0.3, -0.25) is 9.36 Å². The number of rotatable bonds is 2. The zero-order valence-corrected chi connectivity index (χ0v) is 14.2. The number of hydrogen-bond donors (Lipinski definition) is 1. The van der Waals surface area contributed by atoms with Gasteiger partial charge in [-0.05, 0) is 54.0 Å². The third-order valence-corrected chi connectivity index (χ3v) is 4.59. The van der Waals surface area contributed by atoms with Gasteiger partial charge in [0.25, 0.3) is 5.56 Å². The van der Waals surface area contributed by atoms with Crippen LogP contribution < -0.4 is 10.3 Å². The molecule has 0 fully saturated rings. The monoisotopic (exact) mass is 354 g/mol. The Morgan fingerprint density at radius 1 is 1.28 bits per heavy atom. The maximum absolute atomic E-state index is 12.7. The number of halogens is 1. The molecule has 0 saturated carbocycles. The minimum Gasteiger partial charge on any atom is -0.504 e. The van der Waals surface area contributed by atoms with Gasteiger partial charge >= 0.3 is 0 Å². The molecule has 0 saturated heterocycles. The van der Waals surface area contributed by atoms with E-state index in [2.05, 4.69) is 4.98 Å². The average Bonchev–Trinajstić information content (AvgIpc) is 3.00. The van der Waals surface area contributed by atoms with Crippen LogP contribution in [0.1, 0.15) is 17.8 Å². The van der Waals surface area contributed by atoms with Gasteiger partial charge in [0, 0.05) is 11.6 Å². The Bertz CT molecular complexity index is 1090. The molecule has 3 aromatic rings. The van der Waals surface area contributed by atoms with Gasteiger partial charge in [-0.15, -0.1) is 0 Å². The Morgan fingerprint density at radius 2 is 2.12 bits per heavy atom. The summed E-state index contributed by atoms with van der Waals surface area (Å²) in [6.45, 7) is 0.588. The molecule has 126 valence electrons. The van der Waals surface area contributed by atoms with Crippen LogP contribution in [0.25, 0.3) is 22.6 Å². The maximum atomic E-state index is 12.7. The molecular formula is C19H15ClN2O3. The second-order valence-corrected chi connectivity index (χ2v) is 6.34. The molecule has 0 bridgehead atoms. The van der Waals surface area contributed by atoms with Crippen molar-refractivity contribution in [3.63, 3.8) is 0 Å². The largest absolute Gasteiger partial charge is 0.504 e. The minimum atomic E-state index is -0.0748. The van der Waals surface area contributed by atoms with E-state index in [0.717, 1.165) is 17.6 Å². The highest BCUT2D eigenvalue weighted by Crippen LogP contribution is 2.31. The number of nitrogens with zero attached hydrogens (tertiary/aromatic N) is 2. The lowest BCUT2D eigenvalue weighted by molar-refractivity contribution is 0.373. The van der Waals surface area contributed by atoms with Gasteiger partial charge in [0.05, 0.1) is 18.0 Å². The second-order valence-electron chi connectivity index (χ2n) is 5.90. The molecule has 0 atom stereocenters. The number of benzene rings is 2. The van der Waals surface area contributed by atoms with Crippen molar-refractivity contribution in [3.05, 3.63) is 63.2 Å². The minimum absolute atomic E-state index is 0.0748. The van der Waals surface area contributed by atoms with Crippen molar-refractivity contribution in [2.45, 2.75) is 13.0 Å². The van der Waals surface area contributed by atoms with Gasteiger partial charge in [0.1, 0.15) is 5.82 Å². The molecule has 6 heteroatoms. The molecule has 4 rings (SSSR count). The van der Waals surface area contributed by atoms with Crippen LogP contribution in [0.5, 0.6) is 11.5 Å². The first kappa shape index (κ1) is 15.7. The van der Waals surface area contributed by atoms with E-state index in [1.165, 1.54) is 7.11 Å². The Morgan fingerprint density at radius 3 is 2.92 bits per heavy atom. The summed E-state index contributed by atoms with van der Waals surface area (Å²) >= 11 is 6.00. The number of allylic oxidation sites excluding steroid dienone is 1. The summed E-state index contributed by atoms with van der Waals surface area (Å²) < 4.78 is 6.83. The molecule has 5 nitrogen and oxygen atoms in total. The number of methoxy groups -OCH3 is 1. The van der Waals surface area contributed by atoms with Crippen molar-refractivity contribution < 1.29 is 9.84 Å². The van der Waals surface area contributed by atoms with Crippen molar-refractivity contribution in [3.8, 4) is 11.5 Å². The second kappa shape index (κ2) is 5.93. The summed E-state index contributed by atoms with van der Waals surface area (Å²) in [6.07, 6.45) is 2.68. The SMILES string of the molecule is COc1cc(C=C2CCn3c2nc2ccc(Cl)cc2c3=O)ccc1O. The molecule has 0 amide bonds. The number of ether oxygens (including phenoxy) is 1. The maximum Gasteiger partial charge on any atom is 0.261 e. The van der Waals surface area contributed by atoms with Crippen LogP contribution in [0.2, 0.25) is 5.02 Å². The summed E-state index contributed by atoms with van der Waals surface area (Å²) in [5.41, 5.74) is 2.41. The summed E-state index contributed by atoms with van der Waals surface area (Å²) in [5, 5.41) is 10.8. The van der Waals surface area contributed by atoms with Crippen LogP contribution in [0, 0.1) is 0 Å². The van der Waals surface area contributed by atoms with E-state index in [4.69, 9.17) is 16.3 Å². The molecule has 0 radical (unpaired) electrons. The van der Waals surface area contributed by atoms with Crippen molar-refractivity contribution >= 4 is 34.2 Å². The fraction of sp³-hybridized carbons (Fsp3) is 0.158. The van der Waals surface area contributed by atoms with Crippen LogP contribution in [-0.4, -0.2) is 21.8 Å². The molecule has 1 aromatic heterocycles. The summed E-state index contributed by atoms with van der Waals surface area (Å²) in [4.78, 5) is 17.4. The topological polar surface area (TPSA) is 64.4 Å². The molecule has 1 N–H and O–H groups in total. The Hall–Kier alpha value is -2.79. The lowest BCUT2D eigenvalue weighted by atomic mass is 10.1. The highest BCUT2D eigenvalue weighted by molar-refractivity contribution is 6.31. The van der Waals surface area contributed by atoms with E-state index in [0.29, 0.717) is 34.0 Å². The fourth-order valence-electron chi connectivity index (χ4n) is 3.11. The van der Waals surface area contributed by atoms with Crippen LogP contribution in [0.3, 0.4) is 0 Å². The van der Waals surface area contributed by atoms with Crippen molar-refractivity contribution in [2.24, 2.45) is 0 Å². The first-order valence-electron chi connectivity index (χ1n) is 7.85. The Kier molecular flexibility index (Phi) is 3.73. The van der Waals surface area contributed by atoms with Gasteiger partial charge < -0.3 is 9.84 Å². The van der Waals surface area contributed by atoms with Crippen molar-refractivity contribution in [2.75, 3.05) is 7.11 Å². The van der Waals surface area contributed by atoms with E-state index in [-0.39, 0.29) is 11.3 Å². The third kappa shape index (κ3) is 2.66. The number of fused-ring (bicyclic) bond motifs is 2. The van der Waals surface area contributed by atoms with Crippen LogP contribution in [-0.2, 0) is 6.54 Å². The van der Waals surface area contributed by atoms with E-state index < -0.39 is 0 Å². The summed E-state index contributed by atoms with van der Waals surface area (Å²) in [6, 6.07) is 10.3. The molecule has 2 aromatic carbocycles. The van der Waals surface area contributed by atoms with E-state index in [1.54, 1.807) is 41.0 Å². The van der Waals surface area contributed by atoms with Gasteiger partial charge in [-0.1, -0.05) is 17.7 Å². The molecule has 25 heavy (non-hydrogen) atoms. The molecule has 2 heterocycles. The lowest BCUT2D eigenvalue weighted by Crippen LogP contribution is -2.20. The molecule has 1 aliphatic heterocycles. The van der Waals surface area contributed by atoms with Crippen LogP contribution >= 0.6 is 11.6 Å². The van der Waals surface area contributed by atoms with Gasteiger partial charge in [0.15, 0.2) is 11.5 Å². The number of phenolic OH excluding ortho intramolecular Hbond substituents is 1. The quantitative estimate of drug-likeness (QED) is 0.762. The molecule has 0 unspecified atom stereocenters. The first-order chi connectivity index (χ1) is 12.1. The number of hydrogen-bond acceptors (Lipinski definition) is 4. The third-order valence-electron chi connectivity index (χ3n) is 4.35. The van der Waals surface area contributed by atoms with E-state index in [9.17, 15) is 9.90 Å². The van der Waals surface area contributed by atoms with Gasteiger partial charge in [-0.25, -0.2) is 4.98 Å². The average molecular weight is 355 g/mol. The molecule has 1 aliphatic rings. The fourth-order valence-corrected chi connectivity index (χ4v) is 3.28. The van der Waals surface area contributed by atoms with Gasteiger partial charge in [0.2, 0.25) is 0 Å². The van der Waals surface area contributed by atoms with E-state index >= 15 is 0 Å². The van der Waals surface area contributed by atoms with Gasteiger partial charge in [-0.2, -0.15) is 0 Å². The number of phenols is 1. The molecular weight excluding hydrogens is 340 g/mol. The Labute approximate surface area is 148 Å². The Balaban J connectivity index is 1.86. The standard InChI is InChI=1S/C19H15ClN2O3/c1-25-17-9-11(2-5-16(17)23)8-12-6-7-22-18(12)21-15-4-3-13(20)10-14(15)19(22)24/h2-5,8-10,23H,6-7H2,1H3. The zero-order valence-electron chi connectivity index (χ0n) is 13.5. The summed E-state index contributed by atoms with van der Waals surface area (Å²) in [7, 11) is 1.51. The predicted molar refractivity (Wildman–Crippen MR) is 98.2 cm³/mol. The zero-order chi connectivity index (χ0) is 17.6. The van der Waals surface area contributed by atoms with Crippen LogP contribution in [0.15, 0.2) is 41.2 Å². The highest BCUT2D eigenvalue weighted by Gasteiger charge is 2.21. The predicted octanol–water partition coefficient (Wildman–Crippen LogP) is 3.71. The van der Waals surface area contributed by atoms with Crippen molar-refractivity contribution in [1.82, 2.24) is 9.55 Å². The normalized spacial score (nSPS) is 14.9.